The summed E-state index contributed by atoms with van der Waals surface area (Å²) in [5.74, 6) is 1.02. The first-order chi connectivity index (χ1) is 15.5. The van der Waals surface area contributed by atoms with Gasteiger partial charge < -0.3 is 10.8 Å². The first-order valence-corrected chi connectivity index (χ1v) is 10.3. The van der Waals surface area contributed by atoms with E-state index < -0.39 is 0 Å². The largest absolute Gasteiger partial charge is 0.392 e. The molecule has 0 saturated heterocycles. The molecule has 0 fully saturated rings. The van der Waals surface area contributed by atoms with Crippen LogP contribution in [0.15, 0.2) is 60.9 Å². The molecule has 1 aromatic carbocycles. The van der Waals surface area contributed by atoms with E-state index in [2.05, 4.69) is 15.2 Å². The molecular formula is C24H26N8O. The van der Waals surface area contributed by atoms with Crippen molar-refractivity contribution in [1.29, 1.82) is 0 Å². The summed E-state index contributed by atoms with van der Waals surface area (Å²) in [5, 5.41) is 18.3. The average molecular weight is 443 g/mol. The van der Waals surface area contributed by atoms with Gasteiger partial charge in [0, 0.05) is 11.9 Å². The number of benzene rings is 1. The Morgan fingerprint density at radius 2 is 1.79 bits per heavy atom. The second kappa shape index (κ2) is 8.79. The molecular weight excluding hydrogens is 416 g/mol. The zero-order valence-corrected chi connectivity index (χ0v) is 17.7. The summed E-state index contributed by atoms with van der Waals surface area (Å²) in [4.78, 5) is 15.6. The maximum absolute atomic E-state index is 9.43. The smallest absolute Gasteiger partial charge is 0.165 e. The van der Waals surface area contributed by atoms with Crippen LogP contribution >= 0.6 is 0 Å². The summed E-state index contributed by atoms with van der Waals surface area (Å²) >= 11 is 0. The van der Waals surface area contributed by atoms with Crippen molar-refractivity contribution >= 4 is 17.0 Å². The molecule has 0 aliphatic carbocycles. The van der Waals surface area contributed by atoms with Crippen molar-refractivity contribution < 1.29 is 5.11 Å². The summed E-state index contributed by atoms with van der Waals surface area (Å²) in [6, 6.07) is 15.3. The number of anilines is 1. The molecule has 0 aliphatic rings. The van der Waals surface area contributed by atoms with Crippen LogP contribution in [-0.4, -0.2) is 39.6 Å². The lowest BCUT2D eigenvalue weighted by Crippen LogP contribution is -2.04. The van der Waals surface area contributed by atoms with Gasteiger partial charge in [0.25, 0.3) is 0 Å². The van der Waals surface area contributed by atoms with E-state index in [1.807, 2.05) is 66.9 Å². The van der Waals surface area contributed by atoms with Crippen molar-refractivity contribution in [2.24, 2.45) is 0 Å². The van der Waals surface area contributed by atoms with E-state index >= 15 is 0 Å². The highest BCUT2D eigenvalue weighted by Crippen LogP contribution is 2.31. The van der Waals surface area contributed by atoms with E-state index in [4.69, 9.17) is 15.7 Å². The van der Waals surface area contributed by atoms with Gasteiger partial charge in [0.1, 0.15) is 17.0 Å². The summed E-state index contributed by atoms with van der Waals surface area (Å²) in [6.45, 7) is 4.02. The van der Waals surface area contributed by atoms with Crippen LogP contribution in [0.1, 0.15) is 32.9 Å². The SMILES string of the molecule is C.CC(C)n1ncc(-c2ccc3nc(-c4cccnc4N)n(-c4ccc(CO)cc4)c3n2)n1. The highest BCUT2D eigenvalue weighted by Gasteiger charge is 2.19. The predicted octanol–water partition coefficient (Wildman–Crippen LogP) is 4.03. The van der Waals surface area contributed by atoms with Gasteiger partial charge in [-0.25, -0.2) is 15.0 Å². The normalized spacial score (nSPS) is 11.2. The lowest BCUT2D eigenvalue weighted by Gasteiger charge is -2.11. The Balaban J connectivity index is 0.00000259. The van der Waals surface area contributed by atoms with E-state index in [-0.39, 0.29) is 20.1 Å². The number of rotatable bonds is 5. The number of pyridine rings is 2. The number of nitrogen functional groups attached to an aromatic ring is 1. The molecule has 5 rings (SSSR count). The molecule has 0 spiro atoms. The highest BCUT2D eigenvalue weighted by atomic mass is 16.3. The molecule has 4 aromatic heterocycles. The average Bonchev–Trinajstić information content (AvgIpc) is 3.44. The lowest BCUT2D eigenvalue weighted by molar-refractivity contribution is 0.282. The summed E-state index contributed by atoms with van der Waals surface area (Å²) < 4.78 is 1.94. The van der Waals surface area contributed by atoms with Gasteiger partial charge in [0.15, 0.2) is 11.5 Å². The molecule has 0 aliphatic heterocycles. The quantitative estimate of drug-likeness (QED) is 0.421. The number of aromatic nitrogens is 7. The molecule has 3 N–H and O–H groups in total. The molecule has 9 heteroatoms. The summed E-state index contributed by atoms with van der Waals surface area (Å²) in [6.07, 6.45) is 3.36. The molecule has 9 nitrogen and oxygen atoms in total. The number of hydrogen-bond acceptors (Lipinski definition) is 7. The molecule has 4 heterocycles. The highest BCUT2D eigenvalue weighted by molar-refractivity contribution is 5.84. The number of aliphatic hydroxyl groups is 1. The minimum absolute atomic E-state index is 0. The molecule has 5 aromatic rings. The van der Waals surface area contributed by atoms with Crippen LogP contribution in [0.4, 0.5) is 5.82 Å². The van der Waals surface area contributed by atoms with Gasteiger partial charge in [-0.1, -0.05) is 19.6 Å². The molecule has 0 bridgehead atoms. The Morgan fingerprint density at radius 3 is 2.45 bits per heavy atom. The van der Waals surface area contributed by atoms with Crippen LogP contribution in [0.3, 0.4) is 0 Å². The van der Waals surface area contributed by atoms with E-state index in [0.29, 0.717) is 34.2 Å². The number of nitrogens with two attached hydrogens (primary N) is 1. The van der Waals surface area contributed by atoms with Crippen molar-refractivity contribution in [2.45, 2.75) is 33.9 Å². The molecule has 0 radical (unpaired) electrons. The van der Waals surface area contributed by atoms with Crippen LogP contribution in [0.5, 0.6) is 0 Å². The topological polar surface area (TPSA) is 121 Å². The molecule has 0 amide bonds. The monoisotopic (exact) mass is 442 g/mol. The fraction of sp³-hybridized carbons (Fsp3) is 0.208. The number of hydrogen-bond donors (Lipinski definition) is 2. The number of aliphatic hydroxyl groups excluding tert-OH is 1. The third-order valence-electron chi connectivity index (χ3n) is 5.19. The first kappa shape index (κ1) is 22.1. The molecule has 0 saturated carbocycles. The van der Waals surface area contributed by atoms with Gasteiger partial charge >= 0.3 is 0 Å². The lowest BCUT2D eigenvalue weighted by atomic mass is 10.2. The van der Waals surface area contributed by atoms with Crippen molar-refractivity contribution in [2.75, 3.05) is 5.73 Å². The van der Waals surface area contributed by atoms with Gasteiger partial charge in [0.2, 0.25) is 0 Å². The third kappa shape index (κ3) is 3.94. The van der Waals surface area contributed by atoms with Gasteiger partial charge in [-0.3, -0.25) is 4.57 Å². The van der Waals surface area contributed by atoms with E-state index in [0.717, 1.165) is 16.8 Å². The van der Waals surface area contributed by atoms with Crippen LogP contribution in [0, 0.1) is 0 Å². The van der Waals surface area contributed by atoms with Crippen LogP contribution in [0.25, 0.3) is 39.6 Å². The van der Waals surface area contributed by atoms with Crippen molar-refractivity contribution in [3.8, 4) is 28.5 Å². The standard InChI is InChI=1S/C23H22N8O.CH4/c1-14(2)31-26-12-20(29-31)18-9-10-19-23(27-18)30(16-7-5-15(13-32)6-8-16)22(28-19)17-4-3-11-25-21(17)24;/h3-12,14,32H,13H2,1-2H3,(H2,24,25);1H4. The Hall–Kier alpha value is -4.11. The Morgan fingerprint density at radius 1 is 1.00 bits per heavy atom. The summed E-state index contributed by atoms with van der Waals surface area (Å²) in [5.41, 5.74) is 11.3. The third-order valence-corrected chi connectivity index (χ3v) is 5.19. The fourth-order valence-corrected chi connectivity index (χ4v) is 3.52. The molecule has 33 heavy (non-hydrogen) atoms. The number of imidazole rings is 1. The molecule has 168 valence electrons. The Labute approximate surface area is 191 Å². The zero-order valence-electron chi connectivity index (χ0n) is 17.7. The molecule has 0 atom stereocenters. The molecule has 0 unspecified atom stereocenters. The number of fused-ring (bicyclic) bond motifs is 1. The minimum atomic E-state index is -0.0265. The van der Waals surface area contributed by atoms with Crippen LogP contribution in [0.2, 0.25) is 0 Å². The van der Waals surface area contributed by atoms with Crippen molar-refractivity contribution in [3.63, 3.8) is 0 Å². The van der Waals surface area contributed by atoms with Crippen LogP contribution < -0.4 is 5.73 Å². The van der Waals surface area contributed by atoms with E-state index in [1.165, 1.54) is 0 Å². The van der Waals surface area contributed by atoms with Crippen LogP contribution in [-0.2, 0) is 6.61 Å². The zero-order chi connectivity index (χ0) is 22.2. The predicted molar refractivity (Wildman–Crippen MR) is 129 cm³/mol. The second-order valence-corrected chi connectivity index (χ2v) is 7.71. The van der Waals surface area contributed by atoms with Gasteiger partial charge in [0.05, 0.1) is 30.1 Å². The van der Waals surface area contributed by atoms with Crippen molar-refractivity contribution in [1.82, 2.24) is 34.5 Å². The first-order valence-electron chi connectivity index (χ1n) is 10.3. The van der Waals surface area contributed by atoms with E-state index in [9.17, 15) is 5.11 Å². The second-order valence-electron chi connectivity index (χ2n) is 7.71. The maximum Gasteiger partial charge on any atom is 0.165 e. The van der Waals surface area contributed by atoms with Gasteiger partial charge in [-0.2, -0.15) is 15.0 Å². The summed E-state index contributed by atoms with van der Waals surface area (Å²) in [7, 11) is 0. The van der Waals surface area contributed by atoms with Crippen molar-refractivity contribution in [3.05, 3.63) is 66.5 Å². The Bertz CT molecular complexity index is 1400. The van der Waals surface area contributed by atoms with Gasteiger partial charge in [-0.15, -0.1) is 0 Å². The fourth-order valence-electron chi connectivity index (χ4n) is 3.52. The number of nitrogens with zero attached hydrogens (tertiary/aromatic N) is 7. The Kier molecular flexibility index (Phi) is 5.89. The maximum atomic E-state index is 9.43. The minimum Gasteiger partial charge on any atom is -0.392 e. The van der Waals surface area contributed by atoms with E-state index in [1.54, 1.807) is 17.2 Å². The van der Waals surface area contributed by atoms with Gasteiger partial charge in [-0.05, 0) is 55.8 Å².